The molecule has 0 aliphatic rings. The maximum Gasteiger partial charge on any atom is 0.353 e. The molecule has 1 heterocycles. The highest BCUT2D eigenvalue weighted by Gasteiger charge is 2.27. The Kier molecular flexibility index (Phi) is 4.03. The average molecular weight is 373 g/mol. The molecule has 0 aliphatic carbocycles. The van der Waals surface area contributed by atoms with Crippen molar-refractivity contribution in [3.05, 3.63) is 43.6 Å². The molecule has 0 N–H and O–H groups in total. The Hall–Kier alpha value is -1.64. The van der Waals surface area contributed by atoms with Crippen molar-refractivity contribution in [2.45, 2.75) is 13.3 Å². The van der Waals surface area contributed by atoms with Gasteiger partial charge in [-0.3, -0.25) is 10.1 Å². The first-order valence-corrected chi connectivity index (χ1v) is 6.74. The van der Waals surface area contributed by atoms with Crippen molar-refractivity contribution in [1.82, 2.24) is 9.78 Å². The summed E-state index contributed by atoms with van der Waals surface area (Å²) in [7, 11) is 1.63. The van der Waals surface area contributed by atoms with Gasteiger partial charge in [0.05, 0.1) is 4.92 Å². The van der Waals surface area contributed by atoms with Crippen LogP contribution in [0.15, 0.2) is 24.3 Å². The Labute approximate surface area is 123 Å². The molecule has 0 aliphatic heterocycles. The Bertz CT molecular complexity index is 607. The molecule has 19 heavy (non-hydrogen) atoms. The van der Waals surface area contributed by atoms with Crippen molar-refractivity contribution >= 4 is 28.3 Å². The van der Waals surface area contributed by atoms with E-state index in [0.717, 1.165) is 3.57 Å². The largest absolute Gasteiger partial charge is 0.434 e. The van der Waals surface area contributed by atoms with Crippen LogP contribution in [-0.4, -0.2) is 14.7 Å². The van der Waals surface area contributed by atoms with E-state index < -0.39 is 4.92 Å². The second-order valence-electron chi connectivity index (χ2n) is 3.89. The zero-order chi connectivity index (χ0) is 14.0. The zero-order valence-electron chi connectivity index (χ0n) is 10.5. The van der Waals surface area contributed by atoms with E-state index in [1.807, 2.05) is 19.1 Å². The van der Waals surface area contributed by atoms with Gasteiger partial charge >= 0.3 is 5.69 Å². The first kappa shape index (κ1) is 13.8. The van der Waals surface area contributed by atoms with Gasteiger partial charge < -0.3 is 4.74 Å². The first-order chi connectivity index (χ1) is 9.02. The summed E-state index contributed by atoms with van der Waals surface area (Å²) in [4.78, 5) is 10.7. The Morgan fingerprint density at radius 1 is 1.42 bits per heavy atom. The average Bonchev–Trinajstić information content (AvgIpc) is 2.69. The van der Waals surface area contributed by atoms with Crippen molar-refractivity contribution in [3.8, 4) is 11.6 Å². The molecule has 0 spiro atoms. The van der Waals surface area contributed by atoms with Crippen LogP contribution in [0.5, 0.6) is 11.6 Å². The van der Waals surface area contributed by atoms with E-state index in [9.17, 15) is 10.1 Å². The van der Waals surface area contributed by atoms with E-state index in [1.165, 1.54) is 4.68 Å². The summed E-state index contributed by atoms with van der Waals surface area (Å²) in [5.74, 6) is 0.706. The van der Waals surface area contributed by atoms with Gasteiger partial charge in [0.2, 0.25) is 0 Å². The minimum absolute atomic E-state index is 0.0662. The van der Waals surface area contributed by atoms with Gasteiger partial charge in [0.15, 0.2) is 0 Å². The van der Waals surface area contributed by atoms with Crippen LogP contribution in [0.4, 0.5) is 5.69 Å². The van der Waals surface area contributed by atoms with Gasteiger partial charge in [-0.15, -0.1) is 0 Å². The monoisotopic (exact) mass is 373 g/mol. The molecule has 0 amide bonds. The predicted octanol–water partition coefficient (Wildman–Crippen LogP) is 3.29. The minimum Gasteiger partial charge on any atom is -0.434 e. The Balaban J connectivity index is 2.41. The van der Waals surface area contributed by atoms with Crippen LogP contribution in [0.3, 0.4) is 0 Å². The highest BCUT2D eigenvalue weighted by Crippen LogP contribution is 2.34. The van der Waals surface area contributed by atoms with Crippen molar-refractivity contribution in [1.29, 1.82) is 0 Å². The van der Waals surface area contributed by atoms with E-state index >= 15 is 0 Å². The quantitative estimate of drug-likeness (QED) is 0.469. The Morgan fingerprint density at radius 2 is 2.05 bits per heavy atom. The van der Waals surface area contributed by atoms with Crippen LogP contribution in [0.25, 0.3) is 0 Å². The molecule has 100 valence electrons. The standard InChI is InChI=1S/C12H12IN3O3/c1-3-10-11(16(17)18)12(15(2)14-10)19-9-6-4-8(13)5-7-9/h4-7H,3H2,1-2H3. The molecule has 0 bridgehead atoms. The molecule has 1 aromatic heterocycles. The number of aryl methyl sites for hydroxylation is 2. The van der Waals surface area contributed by atoms with Crippen molar-refractivity contribution in [2.24, 2.45) is 7.05 Å². The lowest BCUT2D eigenvalue weighted by molar-refractivity contribution is -0.386. The number of halogens is 1. The first-order valence-electron chi connectivity index (χ1n) is 5.66. The highest BCUT2D eigenvalue weighted by molar-refractivity contribution is 14.1. The molecule has 0 unspecified atom stereocenters. The van der Waals surface area contributed by atoms with E-state index in [4.69, 9.17) is 4.74 Å². The second kappa shape index (κ2) is 5.55. The molecule has 0 saturated heterocycles. The van der Waals surface area contributed by atoms with Gasteiger partial charge in [-0.1, -0.05) is 6.92 Å². The lowest BCUT2D eigenvalue weighted by atomic mass is 10.3. The number of ether oxygens (including phenoxy) is 1. The second-order valence-corrected chi connectivity index (χ2v) is 5.14. The summed E-state index contributed by atoms with van der Waals surface area (Å²) in [6, 6.07) is 7.28. The van der Waals surface area contributed by atoms with Gasteiger partial charge in [0, 0.05) is 10.6 Å². The number of rotatable bonds is 4. The summed E-state index contributed by atoms with van der Waals surface area (Å²) in [6.45, 7) is 1.82. The molecule has 0 saturated carbocycles. The van der Waals surface area contributed by atoms with E-state index in [0.29, 0.717) is 17.9 Å². The van der Waals surface area contributed by atoms with Crippen LogP contribution >= 0.6 is 22.6 Å². The maximum atomic E-state index is 11.1. The van der Waals surface area contributed by atoms with Crippen molar-refractivity contribution < 1.29 is 9.66 Å². The molecular formula is C12H12IN3O3. The van der Waals surface area contributed by atoms with Crippen LogP contribution in [-0.2, 0) is 13.5 Å². The summed E-state index contributed by atoms with van der Waals surface area (Å²) in [5, 5.41) is 15.2. The third-order valence-electron chi connectivity index (χ3n) is 2.59. The summed E-state index contributed by atoms with van der Waals surface area (Å²) >= 11 is 2.18. The third-order valence-corrected chi connectivity index (χ3v) is 3.31. The fourth-order valence-corrected chi connectivity index (χ4v) is 2.06. The van der Waals surface area contributed by atoms with Crippen LogP contribution in [0, 0.1) is 13.7 Å². The number of aromatic nitrogens is 2. The third kappa shape index (κ3) is 2.86. The smallest absolute Gasteiger partial charge is 0.353 e. The lowest BCUT2D eigenvalue weighted by Gasteiger charge is -2.04. The molecule has 0 radical (unpaired) electrons. The van der Waals surface area contributed by atoms with Crippen LogP contribution < -0.4 is 4.74 Å². The molecular weight excluding hydrogens is 361 g/mol. The van der Waals surface area contributed by atoms with E-state index in [1.54, 1.807) is 19.2 Å². The summed E-state index contributed by atoms with van der Waals surface area (Å²) in [5.41, 5.74) is 0.358. The number of hydrogen-bond acceptors (Lipinski definition) is 4. The molecule has 2 rings (SSSR count). The summed E-state index contributed by atoms with van der Waals surface area (Å²) in [6.07, 6.45) is 0.486. The zero-order valence-corrected chi connectivity index (χ0v) is 12.6. The topological polar surface area (TPSA) is 70.2 Å². The predicted molar refractivity (Wildman–Crippen MR) is 78.5 cm³/mol. The van der Waals surface area contributed by atoms with Gasteiger partial charge in [0.1, 0.15) is 11.4 Å². The van der Waals surface area contributed by atoms with E-state index in [-0.39, 0.29) is 11.6 Å². The number of nitrogens with zero attached hydrogens (tertiary/aromatic N) is 3. The van der Waals surface area contributed by atoms with Crippen molar-refractivity contribution in [3.63, 3.8) is 0 Å². The van der Waals surface area contributed by atoms with Gasteiger partial charge in [-0.2, -0.15) is 5.10 Å². The molecule has 6 nitrogen and oxygen atoms in total. The molecule has 7 heteroatoms. The SMILES string of the molecule is CCc1nn(C)c(Oc2ccc(I)cc2)c1[N+](=O)[O-]. The summed E-state index contributed by atoms with van der Waals surface area (Å²) < 4.78 is 8.06. The number of nitro groups is 1. The molecule has 2 aromatic rings. The fraction of sp³-hybridized carbons (Fsp3) is 0.250. The molecule has 0 atom stereocenters. The minimum atomic E-state index is -0.451. The fourth-order valence-electron chi connectivity index (χ4n) is 1.70. The maximum absolute atomic E-state index is 11.1. The van der Waals surface area contributed by atoms with Gasteiger partial charge in [-0.25, -0.2) is 4.68 Å². The Morgan fingerprint density at radius 3 is 2.58 bits per heavy atom. The number of hydrogen-bond donors (Lipinski definition) is 0. The number of benzene rings is 1. The van der Waals surface area contributed by atoms with E-state index in [2.05, 4.69) is 27.7 Å². The molecule has 0 fully saturated rings. The van der Waals surface area contributed by atoms with Gasteiger partial charge in [0.25, 0.3) is 5.88 Å². The normalized spacial score (nSPS) is 10.5. The molecule has 1 aromatic carbocycles. The lowest BCUT2D eigenvalue weighted by Crippen LogP contribution is -1.97. The van der Waals surface area contributed by atoms with Crippen LogP contribution in [0.1, 0.15) is 12.6 Å². The van der Waals surface area contributed by atoms with Crippen molar-refractivity contribution in [2.75, 3.05) is 0 Å². The van der Waals surface area contributed by atoms with Crippen LogP contribution in [0.2, 0.25) is 0 Å². The van der Waals surface area contributed by atoms with Gasteiger partial charge in [-0.05, 0) is 53.3 Å². The highest BCUT2D eigenvalue weighted by atomic mass is 127.